The molecule has 14 nitrogen and oxygen atoms in total. The van der Waals surface area contributed by atoms with Crippen molar-refractivity contribution in [1.82, 2.24) is 5.32 Å². The summed E-state index contributed by atoms with van der Waals surface area (Å²) in [7, 11) is 0. The quantitative estimate of drug-likeness (QED) is 0.0205. The summed E-state index contributed by atoms with van der Waals surface area (Å²) in [6.45, 7) is 2.59. The molecule has 0 radical (unpaired) electrons. The molecule has 0 bridgehead atoms. The Balaban J connectivity index is 1.74. The van der Waals surface area contributed by atoms with Gasteiger partial charge in [0.2, 0.25) is 5.91 Å². The van der Waals surface area contributed by atoms with Crippen molar-refractivity contribution in [3.05, 3.63) is 134 Å². The van der Waals surface area contributed by atoms with Crippen LogP contribution in [0, 0.1) is 0 Å². The zero-order valence-electron chi connectivity index (χ0n) is 48.0. The molecule has 14 heteroatoms. The number of allylic oxidation sites excluding steroid dienone is 21. The lowest BCUT2D eigenvalue weighted by atomic mass is 9.97. The van der Waals surface area contributed by atoms with Crippen LogP contribution >= 0.6 is 0 Å². The van der Waals surface area contributed by atoms with Crippen molar-refractivity contribution in [3.63, 3.8) is 0 Å². The number of amides is 1. The van der Waals surface area contributed by atoms with E-state index in [4.69, 9.17) is 18.9 Å². The van der Waals surface area contributed by atoms with Crippen molar-refractivity contribution < 1.29 is 64.6 Å². The van der Waals surface area contributed by atoms with Gasteiger partial charge >= 0.3 is 0 Å². The van der Waals surface area contributed by atoms with Gasteiger partial charge < -0.3 is 65.1 Å². The Morgan fingerprint density at radius 3 is 1.39 bits per heavy atom. The Kier molecular flexibility index (Phi) is 44.0. The number of unbranched alkanes of at least 4 members (excludes halogenated alkanes) is 12. The number of hydrogen-bond donors (Lipinski definition) is 9. The lowest BCUT2D eigenvalue weighted by Crippen LogP contribution is -2.65. The highest BCUT2D eigenvalue weighted by atomic mass is 16.7. The van der Waals surface area contributed by atoms with Crippen LogP contribution in [-0.2, 0) is 23.7 Å². The van der Waals surface area contributed by atoms with Crippen molar-refractivity contribution >= 4 is 5.91 Å². The first kappa shape index (κ1) is 71.2. The maximum Gasteiger partial charge on any atom is 0.220 e. The van der Waals surface area contributed by atoms with E-state index in [1.165, 1.54) is 25.7 Å². The van der Waals surface area contributed by atoms with Crippen LogP contribution in [0.25, 0.3) is 0 Å². The maximum atomic E-state index is 13.2. The molecule has 0 aromatic rings. The average Bonchev–Trinajstić information content (AvgIpc) is 3.55. The molecular formula is C65H105NO13. The van der Waals surface area contributed by atoms with Crippen molar-refractivity contribution in [2.75, 3.05) is 19.8 Å². The second kappa shape index (κ2) is 48.8. The Morgan fingerprint density at radius 2 is 0.886 bits per heavy atom. The zero-order chi connectivity index (χ0) is 57.4. The van der Waals surface area contributed by atoms with E-state index in [2.05, 4.69) is 141 Å². The van der Waals surface area contributed by atoms with E-state index in [-0.39, 0.29) is 18.9 Å². The van der Waals surface area contributed by atoms with E-state index in [1.807, 2.05) is 6.08 Å². The summed E-state index contributed by atoms with van der Waals surface area (Å²) in [5, 5.41) is 87.0. The van der Waals surface area contributed by atoms with Crippen LogP contribution in [0.1, 0.15) is 174 Å². The van der Waals surface area contributed by atoms with Gasteiger partial charge in [0.1, 0.15) is 48.8 Å². The second-order valence-electron chi connectivity index (χ2n) is 20.4. The summed E-state index contributed by atoms with van der Waals surface area (Å²) in [6, 6.07) is -0.956. The highest BCUT2D eigenvalue weighted by molar-refractivity contribution is 5.76. The van der Waals surface area contributed by atoms with Gasteiger partial charge in [-0.05, 0) is 109 Å². The van der Waals surface area contributed by atoms with E-state index >= 15 is 0 Å². The van der Waals surface area contributed by atoms with Crippen LogP contribution in [0.5, 0.6) is 0 Å². The minimum Gasteiger partial charge on any atom is -0.394 e. The van der Waals surface area contributed by atoms with Gasteiger partial charge in [-0.2, -0.15) is 0 Å². The number of aliphatic hydroxyl groups is 8. The first-order chi connectivity index (χ1) is 38.6. The molecule has 79 heavy (non-hydrogen) atoms. The molecule has 2 aliphatic rings. The van der Waals surface area contributed by atoms with Crippen LogP contribution in [0.3, 0.4) is 0 Å². The number of carbonyl (C=O) groups excluding carboxylic acids is 1. The summed E-state index contributed by atoms with van der Waals surface area (Å²) < 4.78 is 22.7. The third-order valence-electron chi connectivity index (χ3n) is 13.5. The monoisotopic (exact) mass is 1110 g/mol. The summed E-state index contributed by atoms with van der Waals surface area (Å²) in [5.41, 5.74) is 0. The van der Waals surface area contributed by atoms with Crippen molar-refractivity contribution in [3.8, 4) is 0 Å². The van der Waals surface area contributed by atoms with Crippen molar-refractivity contribution in [1.29, 1.82) is 0 Å². The number of aliphatic hydroxyl groups excluding tert-OH is 8. The predicted molar refractivity (Wildman–Crippen MR) is 318 cm³/mol. The molecule has 0 aromatic carbocycles. The molecule has 9 N–H and O–H groups in total. The number of carbonyl (C=O) groups is 1. The molecule has 0 saturated carbocycles. The number of rotatable bonds is 45. The highest BCUT2D eigenvalue weighted by Crippen LogP contribution is 2.30. The minimum atomic E-state index is -1.80. The van der Waals surface area contributed by atoms with Crippen molar-refractivity contribution in [2.45, 2.75) is 248 Å². The third-order valence-corrected chi connectivity index (χ3v) is 13.5. The molecule has 2 saturated heterocycles. The van der Waals surface area contributed by atoms with Gasteiger partial charge in [-0.3, -0.25) is 4.79 Å². The molecule has 2 aliphatic heterocycles. The fourth-order valence-corrected chi connectivity index (χ4v) is 8.75. The molecule has 0 aliphatic carbocycles. The standard InChI is InChI=1S/C65H105NO13/c1-3-5-7-9-11-13-15-17-19-20-21-22-23-24-25-26-27-28-29-30-31-32-33-34-35-37-39-41-43-45-47-49-57(70)66-53(54(69)48-46-44-42-40-38-36-18-16-14-12-10-8-6-4-2)52-76-64-62(75)60(73)63(56(51-68)78-64)79-65-61(74)59(72)58(71)55(50-67)77-65/h5,7,11,13-14,16-17,19,21-22,24-25,27-28,30-31,33-34,38,40,46,48,53-56,58-65,67-69,71-75H,3-4,6,8-10,12,15,18,20,23,26,29,32,35-37,39,41-45,47,49-52H2,1-2H3,(H,66,70)/b7-5-,13-11-,16-14+,19-17-,22-21-,25-24-,28-27-,31-30-,34-33-,40-38+,48-46+. The Hall–Kier alpha value is -3.87. The molecule has 2 rings (SSSR count). The van der Waals surface area contributed by atoms with Crippen LogP contribution in [0.2, 0.25) is 0 Å². The van der Waals surface area contributed by atoms with Gasteiger partial charge in [-0.1, -0.05) is 192 Å². The maximum absolute atomic E-state index is 13.2. The van der Waals surface area contributed by atoms with Gasteiger partial charge in [-0.15, -0.1) is 0 Å². The Morgan fingerprint density at radius 1 is 0.468 bits per heavy atom. The van der Waals surface area contributed by atoms with Gasteiger partial charge in [0.05, 0.1) is 32.0 Å². The lowest BCUT2D eigenvalue weighted by Gasteiger charge is -2.46. The van der Waals surface area contributed by atoms with Crippen LogP contribution in [0.4, 0.5) is 0 Å². The fraction of sp³-hybridized carbons (Fsp3) is 0.646. The molecule has 1 amide bonds. The van der Waals surface area contributed by atoms with E-state index in [0.717, 1.165) is 116 Å². The molecule has 12 unspecified atom stereocenters. The summed E-state index contributed by atoms with van der Waals surface area (Å²) in [4.78, 5) is 13.2. The van der Waals surface area contributed by atoms with Crippen LogP contribution in [0.15, 0.2) is 134 Å². The smallest absolute Gasteiger partial charge is 0.220 e. The van der Waals surface area contributed by atoms with E-state index < -0.39 is 86.8 Å². The fourth-order valence-electron chi connectivity index (χ4n) is 8.75. The van der Waals surface area contributed by atoms with Gasteiger partial charge in [0.15, 0.2) is 12.6 Å². The average molecular weight is 1110 g/mol. The lowest BCUT2D eigenvalue weighted by molar-refractivity contribution is -0.359. The first-order valence-corrected chi connectivity index (χ1v) is 29.9. The highest BCUT2D eigenvalue weighted by Gasteiger charge is 2.51. The van der Waals surface area contributed by atoms with Gasteiger partial charge in [0, 0.05) is 6.42 Å². The third kappa shape index (κ3) is 34.2. The van der Waals surface area contributed by atoms with Crippen LogP contribution < -0.4 is 5.32 Å². The normalized spacial score (nSPS) is 25.4. The van der Waals surface area contributed by atoms with Crippen molar-refractivity contribution in [2.24, 2.45) is 0 Å². The molecule has 2 fully saturated rings. The topological polar surface area (TPSA) is 228 Å². The number of hydrogen-bond acceptors (Lipinski definition) is 13. The second-order valence-corrected chi connectivity index (χ2v) is 20.4. The van der Waals surface area contributed by atoms with Crippen LogP contribution in [-0.4, -0.2) is 140 Å². The first-order valence-electron chi connectivity index (χ1n) is 29.9. The Labute approximate surface area is 475 Å². The van der Waals surface area contributed by atoms with E-state index in [1.54, 1.807) is 6.08 Å². The molecule has 2 heterocycles. The molecule has 0 spiro atoms. The largest absolute Gasteiger partial charge is 0.394 e. The summed E-state index contributed by atoms with van der Waals surface area (Å²) in [5.74, 6) is -0.276. The Bertz CT molecular complexity index is 1830. The number of ether oxygens (including phenoxy) is 4. The minimum absolute atomic E-state index is 0.243. The predicted octanol–water partition coefficient (Wildman–Crippen LogP) is 10.4. The molecule has 12 atom stereocenters. The van der Waals surface area contributed by atoms with E-state index in [9.17, 15) is 45.6 Å². The molecule has 0 aromatic heterocycles. The molecule has 448 valence electrons. The van der Waals surface area contributed by atoms with Gasteiger partial charge in [-0.25, -0.2) is 0 Å². The zero-order valence-corrected chi connectivity index (χ0v) is 48.0. The number of nitrogens with one attached hydrogen (secondary N) is 1. The van der Waals surface area contributed by atoms with Gasteiger partial charge in [0.25, 0.3) is 0 Å². The SMILES string of the molecule is CC/C=C\C/C=C\C/C=C\C/C=C\C/C=C\C/C=C\C/C=C\C/C=C\CCCCCCCCC(=O)NC(COC1OC(CO)C(OC2OC(CO)C(O)C(O)C2O)C(O)C1O)C(O)/C=C/CC/C=C/CC/C=C/CCCCCC. The molecular weight excluding hydrogens is 1000 g/mol. The summed E-state index contributed by atoms with van der Waals surface area (Å²) in [6.07, 6.45) is 54.9. The van der Waals surface area contributed by atoms with E-state index in [0.29, 0.717) is 12.8 Å². The summed E-state index contributed by atoms with van der Waals surface area (Å²) >= 11 is 0.